The summed E-state index contributed by atoms with van der Waals surface area (Å²) in [6.07, 6.45) is 5.76. The molecule has 0 aliphatic carbocycles. The molecule has 1 aliphatic heterocycles. The van der Waals surface area contributed by atoms with Gasteiger partial charge in [-0.05, 0) is 25.3 Å². The van der Waals surface area contributed by atoms with Crippen molar-refractivity contribution in [2.75, 3.05) is 18.0 Å². The third-order valence-electron chi connectivity index (χ3n) is 2.74. The van der Waals surface area contributed by atoms with Crippen LogP contribution >= 0.6 is 0 Å². The Hall–Kier alpha value is -1.09. The molecule has 0 spiro atoms. The summed E-state index contributed by atoms with van der Waals surface area (Å²) >= 11 is 0. The number of hydrogen-bond acceptors (Lipinski definition) is 3. The van der Waals surface area contributed by atoms with Crippen LogP contribution in [0, 0.1) is 0 Å². The molecule has 3 heteroatoms. The third-order valence-corrected chi connectivity index (χ3v) is 2.74. The van der Waals surface area contributed by atoms with Crippen LogP contribution in [0.3, 0.4) is 0 Å². The molecular weight excluding hydrogens is 174 g/mol. The second-order valence-corrected chi connectivity index (χ2v) is 3.74. The van der Waals surface area contributed by atoms with E-state index in [9.17, 15) is 0 Å². The van der Waals surface area contributed by atoms with Crippen molar-refractivity contribution in [1.82, 2.24) is 4.98 Å². The van der Waals surface area contributed by atoms with Gasteiger partial charge in [0.2, 0.25) is 0 Å². The summed E-state index contributed by atoms with van der Waals surface area (Å²) in [5.74, 6) is 1.09. The van der Waals surface area contributed by atoms with E-state index in [1.54, 1.807) is 0 Å². The van der Waals surface area contributed by atoms with Crippen LogP contribution in [0.15, 0.2) is 18.3 Å². The van der Waals surface area contributed by atoms with Crippen molar-refractivity contribution in [3.8, 4) is 0 Å². The van der Waals surface area contributed by atoms with Crippen molar-refractivity contribution in [2.24, 2.45) is 5.73 Å². The molecule has 1 fully saturated rings. The Morgan fingerprint density at radius 1 is 1.29 bits per heavy atom. The van der Waals surface area contributed by atoms with Crippen molar-refractivity contribution in [3.05, 3.63) is 23.9 Å². The van der Waals surface area contributed by atoms with E-state index in [2.05, 4.69) is 16.0 Å². The van der Waals surface area contributed by atoms with E-state index in [0.717, 1.165) is 24.5 Å². The zero-order valence-electron chi connectivity index (χ0n) is 8.45. The molecule has 2 N–H and O–H groups in total. The Bertz CT molecular complexity index is 292. The van der Waals surface area contributed by atoms with Gasteiger partial charge < -0.3 is 10.6 Å². The Balaban J connectivity index is 2.20. The molecule has 0 amide bonds. The highest BCUT2D eigenvalue weighted by molar-refractivity contribution is 5.46. The molecule has 0 atom stereocenters. The molecule has 0 aromatic carbocycles. The number of aromatic nitrogens is 1. The maximum Gasteiger partial charge on any atom is 0.132 e. The highest BCUT2D eigenvalue weighted by Gasteiger charge is 2.14. The summed E-state index contributed by atoms with van der Waals surface area (Å²) < 4.78 is 0. The lowest BCUT2D eigenvalue weighted by Gasteiger charge is -2.29. The number of pyridine rings is 1. The summed E-state index contributed by atoms with van der Waals surface area (Å²) in [4.78, 5) is 6.77. The Morgan fingerprint density at radius 3 is 2.79 bits per heavy atom. The summed E-state index contributed by atoms with van der Waals surface area (Å²) in [5.41, 5.74) is 6.85. The van der Waals surface area contributed by atoms with Crippen LogP contribution in [0.5, 0.6) is 0 Å². The average molecular weight is 191 g/mol. The van der Waals surface area contributed by atoms with Gasteiger partial charge in [-0.25, -0.2) is 4.98 Å². The van der Waals surface area contributed by atoms with E-state index < -0.39 is 0 Å². The average Bonchev–Trinajstić information content (AvgIpc) is 2.30. The predicted molar refractivity (Wildman–Crippen MR) is 58.2 cm³/mol. The second kappa shape index (κ2) is 4.42. The van der Waals surface area contributed by atoms with Gasteiger partial charge in [0.25, 0.3) is 0 Å². The van der Waals surface area contributed by atoms with Crippen LogP contribution in [-0.2, 0) is 6.54 Å². The van der Waals surface area contributed by atoms with Crippen LogP contribution in [0.1, 0.15) is 24.8 Å². The van der Waals surface area contributed by atoms with Gasteiger partial charge in [0.1, 0.15) is 5.82 Å². The lowest BCUT2D eigenvalue weighted by Crippen LogP contribution is -2.31. The molecule has 1 aromatic rings. The fraction of sp³-hybridized carbons (Fsp3) is 0.545. The van der Waals surface area contributed by atoms with Gasteiger partial charge >= 0.3 is 0 Å². The Morgan fingerprint density at radius 2 is 2.07 bits per heavy atom. The fourth-order valence-corrected chi connectivity index (χ4v) is 1.98. The van der Waals surface area contributed by atoms with Crippen LogP contribution < -0.4 is 10.6 Å². The van der Waals surface area contributed by atoms with Crippen molar-refractivity contribution in [3.63, 3.8) is 0 Å². The first-order chi connectivity index (χ1) is 6.92. The summed E-state index contributed by atoms with van der Waals surface area (Å²) in [6, 6.07) is 4.02. The zero-order chi connectivity index (χ0) is 9.80. The van der Waals surface area contributed by atoms with E-state index >= 15 is 0 Å². The van der Waals surface area contributed by atoms with E-state index in [4.69, 9.17) is 5.73 Å². The van der Waals surface area contributed by atoms with Crippen LogP contribution in [0.25, 0.3) is 0 Å². The smallest absolute Gasteiger partial charge is 0.132 e. The molecular formula is C11H17N3. The highest BCUT2D eigenvalue weighted by Crippen LogP contribution is 2.20. The molecule has 1 aromatic heterocycles. The minimum atomic E-state index is 0.583. The number of rotatable bonds is 2. The minimum Gasteiger partial charge on any atom is -0.356 e. The van der Waals surface area contributed by atoms with E-state index in [1.807, 2.05) is 12.3 Å². The number of piperidine rings is 1. The fourth-order valence-electron chi connectivity index (χ4n) is 1.98. The van der Waals surface area contributed by atoms with Crippen molar-refractivity contribution in [2.45, 2.75) is 25.8 Å². The Labute approximate surface area is 84.9 Å². The maximum absolute atomic E-state index is 5.69. The van der Waals surface area contributed by atoms with E-state index in [-0.39, 0.29) is 0 Å². The molecule has 0 unspecified atom stereocenters. The van der Waals surface area contributed by atoms with Gasteiger partial charge in [0.05, 0.1) is 0 Å². The molecule has 3 nitrogen and oxygen atoms in total. The van der Waals surface area contributed by atoms with E-state index in [1.165, 1.54) is 19.3 Å². The standard InChI is InChI=1S/C11H17N3/c12-9-10-5-4-6-13-11(10)14-7-2-1-3-8-14/h4-6H,1-3,7-9,12H2. The first-order valence-electron chi connectivity index (χ1n) is 5.31. The molecule has 14 heavy (non-hydrogen) atoms. The number of nitrogens with two attached hydrogens (primary N) is 1. The van der Waals surface area contributed by atoms with Gasteiger partial charge in [0, 0.05) is 31.4 Å². The normalized spacial score (nSPS) is 17.1. The number of nitrogens with zero attached hydrogens (tertiary/aromatic N) is 2. The molecule has 1 aliphatic rings. The zero-order valence-corrected chi connectivity index (χ0v) is 8.45. The molecule has 2 heterocycles. The molecule has 0 saturated carbocycles. The highest BCUT2D eigenvalue weighted by atomic mass is 15.2. The topological polar surface area (TPSA) is 42.1 Å². The third kappa shape index (κ3) is 1.87. The van der Waals surface area contributed by atoms with Gasteiger partial charge in [-0.1, -0.05) is 6.07 Å². The van der Waals surface area contributed by atoms with Gasteiger partial charge in [-0.15, -0.1) is 0 Å². The predicted octanol–water partition coefficient (Wildman–Crippen LogP) is 1.53. The number of anilines is 1. The first-order valence-corrected chi connectivity index (χ1v) is 5.31. The lowest BCUT2D eigenvalue weighted by atomic mass is 10.1. The van der Waals surface area contributed by atoms with Crippen molar-refractivity contribution >= 4 is 5.82 Å². The summed E-state index contributed by atoms with van der Waals surface area (Å²) in [5, 5.41) is 0. The van der Waals surface area contributed by atoms with Crippen LogP contribution in [0.4, 0.5) is 5.82 Å². The van der Waals surface area contributed by atoms with Gasteiger partial charge in [-0.2, -0.15) is 0 Å². The second-order valence-electron chi connectivity index (χ2n) is 3.74. The van der Waals surface area contributed by atoms with Crippen LogP contribution in [-0.4, -0.2) is 18.1 Å². The van der Waals surface area contributed by atoms with Gasteiger partial charge in [0.15, 0.2) is 0 Å². The van der Waals surface area contributed by atoms with Crippen molar-refractivity contribution in [1.29, 1.82) is 0 Å². The molecule has 0 radical (unpaired) electrons. The monoisotopic (exact) mass is 191 g/mol. The van der Waals surface area contributed by atoms with Crippen molar-refractivity contribution < 1.29 is 0 Å². The number of hydrogen-bond donors (Lipinski definition) is 1. The maximum atomic E-state index is 5.69. The molecule has 0 bridgehead atoms. The van der Waals surface area contributed by atoms with Crippen LogP contribution in [0.2, 0.25) is 0 Å². The quantitative estimate of drug-likeness (QED) is 0.771. The lowest BCUT2D eigenvalue weighted by molar-refractivity contribution is 0.571. The molecule has 1 saturated heterocycles. The summed E-state index contributed by atoms with van der Waals surface area (Å²) in [7, 11) is 0. The molecule has 2 rings (SSSR count). The Kier molecular flexibility index (Phi) is 2.99. The summed E-state index contributed by atoms with van der Waals surface area (Å²) in [6.45, 7) is 2.84. The largest absolute Gasteiger partial charge is 0.356 e. The first kappa shape index (κ1) is 9.46. The SMILES string of the molecule is NCc1cccnc1N1CCCCC1. The minimum absolute atomic E-state index is 0.583. The van der Waals surface area contributed by atoms with Gasteiger partial charge in [-0.3, -0.25) is 0 Å². The van der Waals surface area contributed by atoms with E-state index in [0.29, 0.717) is 6.54 Å². The molecule has 76 valence electrons.